The van der Waals surface area contributed by atoms with Crippen LogP contribution in [0.15, 0.2) is 202 Å². The molecule has 0 aliphatic carbocycles. The van der Waals surface area contributed by atoms with Gasteiger partial charge in [0, 0.05) is 67.2 Å². The van der Waals surface area contributed by atoms with Gasteiger partial charge in [-0.25, -0.2) is 9.59 Å². The quantitative estimate of drug-likeness (QED) is 0.0332. The Morgan fingerprint density at radius 2 is 0.859 bits per heavy atom. The van der Waals surface area contributed by atoms with Crippen molar-refractivity contribution in [2.45, 2.75) is 45.6 Å². The highest BCUT2D eigenvalue weighted by atomic mass is 35.5. The van der Waals surface area contributed by atoms with E-state index in [2.05, 4.69) is 31.9 Å². The fraction of sp³-hybridized carbons (Fsp3) is 0.0909. The number of anilines is 4. The SMILES string of the molecule is O=C(NCCc1ccccc1)Nc1cc(Cl)c(O)c(NCc2ccccc2Sc2ccc(Cl)cc2)c1.O=C(NCc1ccccc1)Nc1cc(Cl)c(O)c(NCc2ccccc2Sc2ccc(Cl)cc2)c1. The maximum absolute atomic E-state index is 12.4. The van der Waals surface area contributed by atoms with Crippen LogP contribution in [-0.4, -0.2) is 28.8 Å². The monoisotopic (exact) mass is 1060 g/mol. The van der Waals surface area contributed by atoms with E-state index in [1.165, 1.54) is 12.1 Å². The van der Waals surface area contributed by atoms with Crippen LogP contribution in [0, 0.1) is 0 Å². The second-order valence-electron chi connectivity index (χ2n) is 15.7. The van der Waals surface area contributed by atoms with Crippen LogP contribution >= 0.6 is 69.9 Å². The van der Waals surface area contributed by atoms with Gasteiger partial charge in [-0.15, -0.1) is 0 Å². The number of hydrogen-bond donors (Lipinski definition) is 8. The van der Waals surface area contributed by atoms with Gasteiger partial charge < -0.3 is 42.1 Å². The lowest BCUT2D eigenvalue weighted by Crippen LogP contribution is -2.30. The minimum absolute atomic E-state index is 0.0745. The molecular formula is C55H48Cl4N6O4S2. The van der Waals surface area contributed by atoms with E-state index in [1.807, 2.05) is 158 Å². The Bertz CT molecular complexity index is 3030. The van der Waals surface area contributed by atoms with Crippen molar-refractivity contribution < 1.29 is 19.8 Å². The van der Waals surface area contributed by atoms with Crippen molar-refractivity contribution >= 4 is 105 Å². The first kappa shape index (κ1) is 52.2. The molecule has 0 aromatic heterocycles. The number of phenolic OH excluding ortho intramolecular Hbond substituents is 2. The molecular weight excluding hydrogens is 1010 g/mol. The zero-order chi connectivity index (χ0) is 50.0. The fourth-order valence-corrected chi connectivity index (χ4v) is 9.42. The van der Waals surface area contributed by atoms with Crippen LogP contribution in [0.1, 0.15) is 22.3 Å². The van der Waals surface area contributed by atoms with Gasteiger partial charge in [-0.3, -0.25) is 0 Å². The van der Waals surface area contributed by atoms with Gasteiger partial charge in [0.05, 0.1) is 21.4 Å². The molecule has 0 aliphatic rings. The van der Waals surface area contributed by atoms with Crippen molar-refractivity contribution in [1.29, 1.82) is 0 Å². The number of carbonyl (C=O) groups excluding carboxylic acids is 2. The van der Waals surface area contributed by atoms with E-state index in [-0.39, 0.29) is 33.6 Å². The van der Waals surface area contributed by atoms with E-state index >= 15 is 0 Å². The van der Waals surface area contributed by atoms with Crippen LogP contribution < -0.4 is 31.9 Å². The summed E-state index contributed by atoms with van der Waals surface area (Å²) in [5.41, 5.74) is 6.00. The molecule has 0 heterocycles. The topological polar surface area (TPSA) is 147 Å². The average Bonchev–Trinajstić information content (AvgIpc) is 3.37. The highest BCUT2D eigenvalue weighted by Gasteiger charge is 2.14. The van der Waals surface area contributed by atoms with Crippen LogP contribution in [0.4, 0.5) is 32.3 Å². The fourth-order valence-electron chi connectivity index (χ4n) is 6.84. The molecule has 0 spiro atoms. The lowest BCUT2D eigenvalue weighted by atomic mass is 10.1. The second kappa shape index (κ2) is 26.5. The van der Waals surface area contributed by atoms with Crippen molar-refractivity contribution in [2.24, 2.45) is 0 Å². The molecule has 0 radical (unpaired) electrons. The standard InChI is InChI=1S/C28H25Cl2N3O2S.C27H23Cl2N3O2S/c29-21-10-12-23(13-11-21)36-26-9-5-4-8-20(26)18-32-25-17-22(16-24(30)27(25)34)33-28(35)31-15-14-19-6-2-1-3-7-19;28-20-10-12-22(13-11-20)35-25-9-5-4-8-19(25)17-30-24-15-21(14-23(29)26(24)33)32-27(34)31-16-18-6-2-1-3-7-18/h1-13,16-17,32,34H,14-15,18H2,(H2,31,33,35);1-15,30,33H,16-17H2,(H2,31,32,34). The Kier molecular flexibility index (Phi) is 19.5. The summed E-state index contributed by atoms with van der Waals surface area (Å²) in [7, 11) is 0. The van der Waals surface area contributed by atoms with Crippen LogP contribution in [0.25, 0.3) is 0 Å². The highest BCUT2D eigenvalue weighted by Crippen LogP contribution is 2.39. The molecule has 8 aromatic rings. The summed E-state index contributed by atoms with van der Waals surface area (Å²) in [6, 6.07) is 56.5. The molecule has 362 valence electrons. The van der Waals surface area contributed by atoms with E-state index in [1.54, 1.807) is 35.7 Å². The number of halogens is 4. The third kappa shape index (κ3) is 16.5. The van der Waals surface area contributed by atoms with E-state index in [9.17, 15) is 19.8 Å². The van der Waals surface area contributed by atoms with Gasteiger partial charge in [-0.2, -0.15) is 0 Å². The molecule has 8 N–H and O–H groups in total. The Morgan fingerprint density at radius 3 is 1.32 bits per heavy atom. The Hall–Kier alpha value is -6.64. The first-order valence-corrected chi connectivity index (χ1v) is 25.3. The normalized spacial score (nSPS) is 10.6. The minimum Gasteiger partial charge on any atom is -0.504 e. The number of hydrogen-bond acceptors (Lipinski definition) is 8. The molecule has 8 rings (SSSR count). The zero-order valence-electron chi connectivity index (χ0n) is 37.9. The number of benzene rings is 8. The van der Waals surface area contributed by atoms with Crippen molar-refractivity contribution in [3.05, 3.63) is 224 Å². The Balaban J connectivity index is 0.000000209. The van der Waals surface area contributed by atoms with Gasteiger partial charge in [0.15, 0.2) is 11.5 Å². The van der Waals surface area contributed by atoms with Crippen molar-refractivity contribution in [1.82, 2.24) is 10.6 Å². The number of carbonyl (C=O) groups is 2. The maximum Gasteiger partial charge on any atom is 0.319 e. The van der Waals surface area contributed by atoms with E-state index in [4.69, 9.17) is 46.4 Å². The molecule has 8 aromatic carbocycles. The van der Waals surface area contributed by atoms with Crippen molar-refractivity contribution in [2.75, 3.05) is 27.8 Å². The summed E-state index contributed by atoms with van der Waals surface area (Å²) in [6.07, 6.45) is 0.727. The first-order chi connectivity index (χ1) is 34.4. The molecule has 71 heavy (non-hydrogen) atoms. The molecule has 10 nitrogen and oxygen atoms in total. The zero-order valence-corrected chi connectivity index (χ0v) is 42.6. The number of amides is 4. The second-order valence-corrected chi connectivity index (χ2v) is 19.6. The third-order valence-corrected chi connectivity index (χ3v) is 13.8. The van der Waals surface area contributed by atoms with Crippen LogP contribution in [0.3, 0.4) is 0 Å². The summed E-state index contributed by atoms with van der Waals surface area (Å²) in [6.45, 7) is 1.79. The summed E-state index contributed by atoms with van der Waals surface area (Å²) in [4.78, 5) is 29.0. The summed E-state index contributed by atoms with van der Waals surface area (Å²) in [5.74, 6) is -0.153. The van der Waals surface area contributed by atoms with Gasteiger partial charge in [-0.05, 0) is 114 Å². The third-order valence-electron chi connectivity index (χ3n) is 10.4. The molecule has 0 bridgehead atoms. The molecule has 16 heteroatoms. The predicted molar refractivity (Wildman–Crippen MR) is 294 cm³/mol. The number of nitrogens with one attached hydrogen (secondary N) is 6. The summed E-state index contributed by atoms with van der Waals surface area (Å²) in [5, 5.41) is 40.3. The van der Waals surface area contributed by atoms with Crippen molar-refractivity contribution in [3.63, 3.8) is 0 Å². The van der Waals surface area contributed by atoms with Gasteiger partial charge >= 0.3 is 12.1 Å². The average molecular weight is 1060 g/mol. The number of aromatic hydroxyl groups is 2. The highest BCUT2D eigenvalue weighted by molar-refractivity contribution is 7.99. The van der Waals surface area contributed by atoms with Crippen LogP contribution in [0.5, 0.6) is 11.5 Å². The van der Waals surface area contributed by atoms with Gasteiger partial charge in [0.25, 0.3) is 0 Å². The Labute approximate surface area is 441 Å². The lowest BCUT2D eigenvalue weighted by Gasteiger charge is -2.15. The smallest absolute Gasteiger partial charge is 0.319 e. The van der Waals surface area contributed by atoms with E-state index < -0.39 is 0 Å². The largest absolute Gasteiger partial charge is 0.504 e. The number of urea groups is 2. The van der Waals surface area contributed by atoms with Gasteiger partial charge in [0.2, 0.25) is 0 Å². The van der Waals surface area contributed by atoms with E-state index in [0.29, 0.717) is 59.0 Å². The van der Waals surface area contributed by atoms with Crippen LogP contribution in [-0.2, 0) is 26.1 Å². The lowest BCUT2D eigenvalue weighted by molar-refractivity contribution is 0.251. The number of rotatable bonds is 17. The molecule has 0 saturated carbocycles. The molecule has 0 aliphatic heterocycles. The van der Waals surface area contributed by atoms with Crippen LogP contribution in [0.2, 0.25) is 20.1 Å². The molecule has 0 saturated heterocycles. The van der Waals surface area contributed by atoms with Gasteiger partial charge in [-0.1, -0.05) is 167 Å². The molecule has 0 fully saturated rings. The van der Waals surface area contributed by atoms with Gasteiger partial charge in [0.1, 0.15) is 0 Å². The predicted octanol–water partition coefficient (Wildman–Crippen LogP) is 15.6. The minimum atomic E-state index is -0.369. The molecule has 0 atom stereocenters. The first-order valence-electron chi connectivity index (χ1n) is 22.2. The Morgan fingerprint density at radius 1 is 0.451 bits per heavy atom. The molecule has 4 amide bonds. The summed E-state index contributed by atoms with van der Waals surface area (Å²) < 4.78 is 0. The van der Waals surface area contributed by atoms with E-state index in [0.717, 1.165) is 48.3 Å². The van der Waals surface area contributed by atoms with Crippen molar-refractivity contribution in [3.8, 4) is 11.5 Å². The molecule has 0 unspecified atom stereocenters. The maximum atomic E-state index is 12.4. The summed E-state index contributed by atoms with van der Waals surface area (Å²) >= 11 is 27.7. The number of phenols is 2.